The molecular weight excluding hydrogens is 392 g/mol. The number of carbonyl (C=O) groups excluding carboxylic acids is 3. The molecule has 0 unspecified atom stereocenters. The lowest BCUT2D eigenvalue weighted by atomic mass is 9.43. The standard InChI is InChI=1S/C22H30O8/c1-10-12-7-13(25)16-21(9-29-19(28)22(16,17(10)26)18(12)27)14(8-23)20(3,4)6-5-15(21)30-11(2)24/h12-16,18,23,25,27H,1,5-9H2,2-4H3/t12-,13-,14+,15-,16-,18+,21-,22-/m0/s1. The van der Waals surface area contributed by atoms with Crippen molar-refractivity contribution in [3.05, 3.63) is 12.2 Å². The molecule has 0 aromatic carbocycles. The summed E-state index contributed by atoms with van der Waals surface area (Å²) in [6, 6.07) is 0. The van der Waals surface area contributed by atoms with Crippen LogP contribution in [0, 0.1) is 34.0 Å². The van der Waals surface area contributed by atoms with Gasteiger partial charge in [0, 0.05) is 25.4 Å². The van der Waals surface area contributed by atoms with Gasteiger partial charge in [-0.1, -0.05) is 20.4 Å². The number of cyclic esters (lactones) is 1. The van der Waals surface area contributed by atoms with E-state index in [0.29, 0.717) is 12.8 Å². The molecule has 1 aliphatic heterocycles. The summed E-state index contributed by atoms with van der Waals surface area (Å²) >= 11 is 0. The van der Waals surface area contributed by atoms with Crippen molar-refractivity contribution in [1.82, 2.24) is 0 Å². The van der Waals surface area contributed by atoms with E-state index in [9.17, 15) is 29.7 Å². The van der Waals surface area contributed by atoms with Crippen LogP contribution < -0.4 is 0 Å². The van der Waals surface area contributed by atoms with Gasteiger partial charge in [-0.05, 0) is 36.2 Å². The molecular formula is C22H30O8. The molecule has 1 heterocycles. The van der Waals surface area contributed by atoms with Crippen LogP contribution in [0.15, 0.2) is 12.2 Å². The predicted octanol–water partition coefficient (Wildman–Crippen LogP) is 0.373. The first-order valence-electron chi connectivity index (χ1n) is 10.5. The van der Waals surface area contributed by atoms with E-state index in [2.05, 4.69) is 6.58 Å². The molecule has 8 nitrogen and oxygen atoms in total. The Balaban J connectivity index is 1.99. The van der Waals surface area contributed by atoms with Gasteiger partial charge in [-0.2, -0.15) is 0 Å². The summed E-state index contributed by atoms with van der Waals surface area (Å²) in [5.41, 5.74) is -3.56. The highest BCUT2D eigenvalue weighted by Crippen LogP contribution is 2.68. The number of ketones is 1. The number of Topliss-reactive ketones (excluding diaryl/α,β-unsaturated/α-hetero) is 1. The van der Waals surface area contributed by atoms with Gasteiger partial charge >= 0.3 is 11.9 Å². The Morgan fingerprint density at radius 1 is 1.30 bits per heavy atom. The van der Waals surface area contributed by atoms with Crippen LogP contribution in [-0.4, -0.2) is 64.6 Å². The molecule has 8 heteroatoms. The second kappa shape index (κ2) is 6.61. The number of esters is 2. The van der Waals surface area contributed by atoms with Crippen LogP contribution in [0.2, 0.25) is 0 Å². The van der Waals surface area contributed by atoms with E-state index in [1.54, 1.807) is 0 Å². The number of aliphatic hydroxyl groups is 3. The zero-order chi connectivity index (χ0) is 22.2. The maximum absolute atomic E-state index is 13.4. The van der Waals surface area contributed by atoms with Gasteiger partial charge in [0.05, 0.1) is 17.6 Å². The molecule has 0 aromatic rings. The van der Waals surface area contributed by atoms with Gasteiger partial charge in [-0.25, -0.2) is 0 Å². The van der Waals surface area contributed by atoms with Gasteiger partial charge in [-0.15, -0.1) is 0 Å². The Morgan fingerprint density at radius 2 is 1.97 bits per heavy atom. The zero-order valence-corrected chi connectivity index (χ0v) is 17.6. The Bertz CT molecular complexity index is 818. The van der Waals surface area contributed by atoms with Crippen molar-refractivity contribution in [3.8, 4) is 0 Å². The number of aliphatic hydroxyl groups excluding tert-OH is 3. The highest BCUT2D eigenvalue weighted by Gasteiger charge is 2.79. The molecule has 3 saturated carbocycles. The molecule has 0 amide bonds. The van der Waals surface area contributed by atoms with Crippen molar-refractivity contribution in [2.24, 2.45) is 34.0 Å². The molecule has 4 aliphatic rings. The predicted molar refractivity (Wildman–Crippen MR) is 103 cm³/mol. The minimum atomic E-state index is -2.00. The van der Waals surface area contributed by atoms with Crippen LogP contribution in [-0.2, 0) is 23.9 Å². The van der Waals surface area contributed by atoms with Gasteiger partial charge < -0.3 is 24.8 Å². The lowest BCUT2D eigenvalue weighted by Gasteiger charge is -2.64. The monoisotopic (exact) mass is 422 g/mol. The number of carbonyl (C=O) groups is 3. The third-order valence-electron chi connectivity index (χ3n) is 8.44. The highest BCUT2D eigenvalue weighted by atomic mass is 16.6. The van der Waals surface area contributed by atoms with Crippen LogP contribution >= 0.6 is 0 Å². The normalized spacial score (nSPS) is 47.1. The largest absolute Gasteiger partial charge is 0.464 e. The van der Waals surface area contributed by atoms with Gasteiger partial charge in [-0.3, -0.25) is 14.4 Å². The van der Waals surface area contributed by atoms with E-state index >= 15 is 0 Å². The summed E-state index contributed by atoms with van der Waals surface area (Å²) in [7, 11) is 0. The first-order chi connectivity index (χ1) is 14.0. The molecule has 0 aromatic heterocycles. The second-order valence-electron chi connectivity index (χ2n) is 10.1. The molecule has 1 saturated heterocycles. The summed E-state index contributed by atoms with van der Waals surface area (Å²) in [4.78, 5) is 38.4. The molecule has 0 radical (unpaired) electrons. The van der Waals surface area contributed by atoms with Crippen molar-refractivity contribution in [2.45, 2.75) is 58.3 Å². The molecule has 30 heavy (non-hydrogen) atoms. The van der Waals surface area contributed by atoms with E-state index < -0.39 is 70.0 Å². The third-order valence-corrected chi connectivity index (χ3v) is 8.44. The van der Waals surface area contributed by atoms with Gasteiger partial charge in [0.1, 0.15) is 12.7 Å². The number of rotatable bonds is 2. The molecule has 4 rings (SSSR count). The smallest absolute Gasteiger partial charge is 0.323 e. The highest BCUT2D eigenvalue weighted by molar-refractivity contribution is 6.16. The minimum absolute atomic E-state index is 0.0680. The first kappa shape index (κ1) is 21.5. The fourth-order valence-corrected chi connectivity index (χ4v) is 7.19. The Hall–Kier alpha value is -1.77. The Morgan fingerprint density at radius 3 is 2.57 bits per heavy atom. The quantitative estimate of drug-likeness (QED) is 0.331. The van der Waals surface area contributed by atoms with Crippen molar-refractivity contribution >= 4 is 17.7 Å². The van der Waals surface area contributed by atoms with E-state index in [0.717, 1.165) is 0 Å². The Labute approximate surface area is 175 Å². The van der Waals surface area contributed by atoms with Gasteiger partial charge in [0.15, 0.2) is 11.2 Å². The summed E-state index contributed by atoms with van der Waals surface area (Å²) in [6.07, 6.45) is -2.16. The SMILES string of the molecule is C=C1C(=O)[C@@]23C(=O)OC[C@]4([C@@H](OC(C)=O)CCC(C)(C)[C@H]4CO)[C@@H]2[C@@H](O)C[C@@H]1[C@H]3O. The lowest BCUT2D eigenvalue weighted by Crippen LogP contribution is -2.74. The van der Waals surface area contributed by atoms with Crippen molar-refractivity contribution in [1.29, 1.82) is 0 Å². The molecule has 2 spiro atoms. The van der Waals surface area contributed by atoms with E-state index in [1.807, 2.05) is 13.8 Å². The fourth-order valence-electron chi connectivity index (χ4n) is 7.19. The summed E-state index contributed by atoms with van der Waals surface area (Å²) in [5, 5.41) is 32.9. The topological polar surface area (TPSA) is 130 Å². The van der Waals surface area contributed by atoms with Crippen molar-refractivity contribution in [2.75, 3.05) is 13.2 Å². The van der Waals surface area contributed by atoms with Crippen LogP contribution in [0.25, 0.3) is 0 Å². The molecule has 3 aliphatic carbocycles. The molecule has 8 atom stereocenters. The van der Waals surface area contributed by atoms with Crippen LogP contribution in [0.3, 0.4) is 0 Å². The van der Waals surface area contributed by atoms with Crippen LogP contribution in [0.1, 0.15) is 40.0 Å². The third kappa shape index (κ3) is 2.35. The van der Waals surface area contributed by atoms with Crippen LogP contribution in [0.5, 0.6) is 0 Å². The first-order valence-corrected chi connectivity index (χ1v) is 10.5. The maximum Gasteiger partial charge on any atom is 0.323 e. The zero-order valence-electron chi connectivity index (χ0n) is 17.6. The Kier molecular flexibility index (Phi) is 4.73. The summed E-state index contributed by atoms with van der Waals surface area (Å²) < 4.78 is 11.2. The molecule has 2 bridgehead atoms. The average molecular weight is 422 g/mol. The average Bonchev–Trinajstić information content (AvgIpc) is 2.77. The number of hydrogen-bond acceptors (Lipinski definition) is 8. The van der Waals surface area contributed by atoms with E-state index in [1.165, 1.54) is 6.92 Å². The van der Waals surface area contributed by atoms with Crippen molar-refractivity contribution in [3.63, 3.8) is 0 Å². The molecule has 4 fully saturated rings. The van der Waals surface area contributed by atoms with Gasteiger partial charge in [0.25, 0.3) is 0 Å². The summed E-state index contributed by atoms with van der Waals surface area (Å²) in [6.45, 7) is 8.47. The fraction of sp³-hybridized carbons (Fsp3) is 0.773. The van der Waals surface area contributed by atoms with E-state index in [-0.39, 0.29) is 25.2 Å². The summed E-state index contributed by atoms with van der Waals surface area (Å²) in [5.74, 6) is -4.37. The second-order valence-corrected chi connectivity index (χ2v) is 10.1. The number of hydrogen-bond donors (Lipinski definition) is 3. The number of ether oxygens (including phenoxy) is 2. The maximum atomic E-state index is 13.4. The molecule has 166 valence electrons. The van der Waals surface area contributed by atoms with E-state index in [4.69, 9.17) is 9.47 Å². The minimum Gasteiger partial charge on any atom is -0.464 e. The van der Waals surface area contributed by atoms with Gasteiger partial charge in [0.2, 0.25) is 0 Å². The number of fused-ring (bicyclic) bond motifs is 2. The molecule has 3 N–H and O–H groups in total. The van der Waals surface area contributed by atoms with Crippen LogP contribution in [0.4, 0.5) is 0 Å². The van der Waals surface area contributed by atoms with Crippen molar-refractivity contribution < 1.29 is 39.2 Å². The lowest BCUT2D eigenvalue weighted by molar-refractivity contribution is -0.275.